The lowest BCUT2D eigenvalue weighted by Gasteiger charge is -2.25. The van der Waals surface area contributed by atoms with Gasteiger partial charge in [-0.2, -0.15) is 0 Å². The Morgan fingerprint density at radius 1 is 0.825 bits per heavy atom. The Balaban J connectivity index is 1.54. The van der Waals surface area contributed by atoms with E-state index in [0.717, 1.165) is 4.31 Å². The molecule has 0 aliphatic heterocycles. The number of halogens is 2. The summed E-state index contributed by atoms with van der Waals surface area (Å²) in [7, 11) is -8.20. The second-order valence-electron chi connectivity index (χ2n) is 8.57. The van der Waals surface area contributed by atoms with Crippen LogP contribution in [0.5, 0.6) is 0 Å². The van der Waals surface area contributed by atoms with Crippen LogP contribution in [0.15, 0.2) is 88.7 Å². The van der Waals surface area contributed by atoms with Crippen molar-refractivity contribution in [3.8, 4) is 0 Å². The molecule has 1 amide bonds. The molecule has 0 unspecified atom stereocenters. The average Bonchev–Trinajstić information content (AvgIpc) is 2.87. The van der Waals surface area contributed by atoms with Gasteiger partial charge in [0, 0.05) is 22.1 Å². The molecule has 0 spiro atoms. The van der Waals surface area contributed by atoms with Crippen molar-refractivity contribution in [3.05, 3.63) is 100 Å². The Bertz CT molecular complexity index is 1750. The van der Waals surface area contributed by atoms with Crippen LogP contribution in [0.25, 0.3) is 0 Å². The fourth-order valence-corrected chi connectivity index (χ4v) is 6.67. The van der Waals surface area contributed by atoms with Crippen molar-refractivity contribution >= 4 is 66.5 Å². The minimum absolute atomic E-state index is 0.0367. The highest BCUT2D eigenvalue weighted by molar-refractivity contribution is 7.93. The van der Waals surface area contributed by atoms with Gasteiger partial charge in [-0.25, -0.2) is 31.5 Å². The molecule has 0 radical (unpaired) electrons. The zero-order chi connectivity index (χ0) is 29.1. The summed E-state index contributed by atoms with van der Waals surface area (Å²) >= 11 is 12.3. The molecule has 0 saturated carbocycles. The quantitative estimate of drug-likeness (QED) is 0.268. The summed E-state index contributed by atoms with van der Waals surface area (Å²) in [6.45, 7) is 2.82. The lowest BCUT2D eigenvalue weighted by Crippen LogP contribution is -2.38. The van der Waals surface area contributed by atoms with Crippen LogP contribution < -0.4 is 14.3 Å². The van der Waals surface area contributed by atoms with Gasteiger partial charge in [-0.1, -0.05) is 41.4 Å². The predicted molar refractivity (Wildman–Crippen MR) is 155 cm³/mol. The molecule has 3 aromatic carbocycles. The van der Waals surface area contributed by atoms with E-state index in [0.29, 0.717) is 16.4 Å². The first-order chi connectivity index (χ1) is 18.8. The van der Waals surface area contributed by atoms with Gasteiger partial charge in [0.15, 0.2) is 0 Å². The molecule has 10 nitrogen and oxygen atoms in total. The number of rotatable bonds is 9. The first-order valence-electron chi connectivity index (χ1n) is 11.6. The fourth-order valence-electron chi connectivity index (χ4n) is 3.70. The largest absolute Gasteiger partial charge is 0.325 e. The molecule has 0 atom stereocenters. The van der Waals surface area contributed by atoms with Crippen LogP contribution in [0.1, 0.15) is 11.4 Å². The van der Waals surface area contributed by atoms with Crippen LogP contribution in [0, 0.1) is 13.8 Å². The number of nitrogens with one attached hydrogen (secondary N) is 2. The SMILES string of the molecule is Cc1cc(C)nc(NS(=O)(=O)c2ccc(NC(=O)CN(c3ccc(Cl)cc3Cl)S(=O)(=O)c3ccccc3)cc2)n1. The minimum Gasteiger partial charge on any atom is -0.325 e. The van der Waals surface area contributed by atoms with Crippen LogP contribution in [0.2, 0.25) is 10.0 Å². The number of hydrogen-bond donors (Lipinski definition) is 2. The van der Waals surface area contributed by atoms with Crippen molar-refractivity contribution in [1.29, 1.82) is 0 Å². The molecular formula is C26H23Cl2N5O5S2. The lowest BCUT2D eigenvalue weighted by molar-refractivity contribution is -0.114. The number of anilines is 3. The molecule has 1 heterocycles. The Labute approximate surface area is 242 Å². The zero-order valence-corrected chi connectivity index (χ0v) is 24.3. The number of aromatic nitrogens is 2. The van der Waals surface area contributed by atoms with Gasteiger partial charge in [0.25, 0.3) is 20.0 Å². The number of amides is 1. The summed E-state index contributed by atoms with van der Waals surface area (Å²) in [5.41, 5.74) is 1.51. The maximum Gasteiger partial charge on any atom is 0.264 e. The molecule has 4 rings (SSSR count). The summed E-state index contributed by atoms with van der Waals surface area (Å²) in [6, 6.07) is 18.9. The van der Waals surface area contributed by atoms with Crippen LogP contribution in [0.3, 0.4) is 0 Å². The summed E-state index contributed by atoms with van der Waals surface area (Å²) in [6.07, 6.45) is 0. The molecule has 14 heteroatoms. The summed E-state index contributed by atoms with van der Waals surface area (Å²) in [5, 5.41) is 2.92. The monoisotopic (exact) mass is 619 g/mol. The first kappa shape index (κ1) is 29.3. The Morgan fingerprint density at radius 3 is 2.05 bits per heavy atom. The van der Waals surface area contributed by atoms with Gasteiger partial charge in [0.05, 0.1) is 20.5 Å². The van der Waals surface area contributed by atoms with Crippen LogP contribution in [-0.4, -0.2) is 39.3 Å². The molecule has 0 fully saturated rings. The second kappa shape index (κ2) is 11.8. The van der Waals surface area contributed by atoms with Crippen molar-refractivity contribution in [2.45, 2.75) is 23.6 Å². The summed E-state index contributed by atoms with van der Waals surface area (Å²) in [5.74, 6) is -0.752. The van der Waals surface area contributed by atoms with Gasteiger partial charge < -0.3 is 5.32 Å². The maximum absolute atomic E-state index is 13.5. The molecule has 2 N–H and O–H groups in total. The maximum atomic E-state index is 13.5. The lowest BCUT2D eigenvalue weighted by atomic mass is 10.3. The van der Waals surface area contributed by atoms with E-state index < -0.39 is 32.5 Å². The van der Waals surface area contributed by atoms with Crippen LogP contribution in [0.4, 0.5) is 17.3 Å². The third-order valence-electron chi connectivity index (χ3n) is 5.45. The van der Waals surface area contributed by atoms with E-state index in [-0.39, 0.29) is 32.1 Å². The smallest absolute Gasteiger partial charge is 0.264 e. The summed E-state index contributed by atoms with van der Waals surface area (Å²) < 4.78 is 55.7. The molecule has 40 heavy (non-hydrogen) atoms. The topological polar surface area (TPSA) is 138 Å². The van der Waals surface area contributed by atoms with Crippen LogP contribution >= 0.6 is 23.2 Å². The zero-order valence-electron chi connectivity index (χ0n) is 21.2. The van der Waals surface area contributed by atoms with E-state index in [1.54, 1.807) is 38.1 Å². The van der Waals surface area contributed by atoms with Crippen molar-refractivity contribution in [2.24, 2.45) is 0 Å². The standard InChI is InChI=1S/C26H23Cl2N5O5S2/c1-17-14-18(2)30-26(29-17)32-39(35,36)21-11-9-20(10-12-21)31-25(34)16-33(24-13-8-19(27)15-23(24)28)40(37,38)22-6-4-3-5-7-22/h3-15H,16H2,1-2H3,(H,31,34)(H,29,30,32). The van der Waals surface area contributed by atoms with Crippen LogP contribution in [-0.2, 0) is 24.8 Å². The van der Waals surface area contributed by atoms with Crippen molar-refractivity contribution in [3.63, 3.8) is 0 Å². The second-order valence-corrected chi connectivity index (χ2v) is 13.0. The summed E-state index contributed by atoms with van der Waals surface area (Å²) in [4.78, 5) is 21.0. The van der Waals surface area contributed by atoms with E-state index in [9.17, 15) is 21.6 Å². The highest BCUT2D eigenvalue weighted by Gasteiger charge is 2.29. The normalized spacial score (nSPS) is 11.6. The highest BCUT2D eigenvalue weighted by atomic mass is 35.5. The molecule has 208 valence electrons. The third-order valence-corrected chi connectivity index (χ3v) is 9.11. The number of carbonyl (C=O) groups is 1. The van der Waals surface area contributed by atoms with E-state index in [1.165, 1.54) is 54.6 Å². The Morgan fingerprint density at radius 2 is 1.45 bits per heavy atom. The van der Waals surface area contributed by atoms with Gasteiger partial charge in [0.2, 0.25) is 11.9 Å². The number of sulfonamides is 2. The van der Waals surface area contributed by atoms with Crippen molar-refractivity contribution in [2.75, 3.05) is 20.9 Å². The molecule has 1 aromatic heterocycles. The van der Waals surface area contributed by atoms with Crippen molar-refractivity contribution in [1.82, 2.24) is 9.97 Å². The predicted octanol–water partition coefficient (Wildman–Crippen LogP) is 5.04. The molecule has 0 bridgehead atoms. The number of aryl methyl sites for hydroxylation is 2. The number of benzene rings is 3. The average molecular weight is 621 g/mol. The van der Waals surface area contributed by atoms with E-state index in [2.05, 4.69) is 20.0 Å². The van der Waals surface area contributed by atoms with E-state index in [1.807, 2.05) is 0 Å². The fraction of sp³-hybridized carbons (Fsp3) is 0.115. The van der Waals surface area contributed by atoms with Crippen molar-refractivity contribution < 1.29 is 21.6 Å². The Kier molecular flexibility index (Phi) is 8.64. The van der Waals surface area contributed by atoms with Gasteiger partial charge in [-0.05, 0) is 74.5 Å². The van der Waals surface area contributed by atoms with Gasteiger partial charge in [-0.15, -0.1) is 0 Å². The highest BCUT2D eigenvalue weighted by Crippen LogP contribution is 2.32. The minimum atomic E-state index is -4.19. The Hall–Kier alpha value is -3.71. The molecule has 4 aromatic rings. The van der Waals surface area contributed by atoms with Gasteiger partial charge in [-0.3, -0.25) is 9.10 Å². The molecule has 0 aliphatic rings. The van der Waals surface area contributed by atoms with E-state index in [4.69, 9.17) is 23.2 Å². The number of carbonyl (C=O) groups excluding carboxylic acids is 1. The molecule has 0 saturated heterocycles. The first-order valence-corrected chi connectivity index (χ1v) is 15.3. The number of hydrogen-bond acceptors (Lipinski definition) is 7. The van der Waals surface area contributed by atoms with Gasteiger partial charge in [0.1, 0.15) is 6.54 Å². The van der Waals surface area contributed by atoms with Gasteiger partial charge >= 0.3 is 0 Å². The molecular weight excluding hydrogens is 597 g/mol. The van der Waals surface area contributed by atoms with E-state index >= 15 is 0 Å². The molecule has 0 aliphatic carbocycles. The third kappa shape index (κ3) is 6.89. The number of nitrogens with zero attached hydrogens (tertiary/aromatic N) is 3.